The van der Waals surface area contributed by atoms with Crippen LogP contribution in [0.2, 0.25) is 0 Å². The summed E-state index contributed by atoms with van der Waals surface area (Å²) in [5.74, 6) is 1.45. The molecule has 1 aliphatic rings. The van der Waals surface area contributed by atoms with Crippen molar-refractivity contribution in [2.24, 2.45) is 11.8 Å². The van der Waals surface area contributed by atoms with E-state index in [0.717, 1.165) is 12.0 Å². The molecule has 0 radical (unpaired) electrons. The van der Waals surface area contributed by atoms with Crippen molar-refractivity contribution >= 4 is 26.8 Å². The number of sulfonamides is 1. The van der Waals surface area contributed by atoms with Crippen LogP contribution in [0, 0.1) is 11.8 Å². The summed E-state index contributed by atoms with van der Waals surface area (Å²) in [5.41, 5.74) is 1.38. The monoisotopic (exact) mass is 418 g/mol. The molecule has 2 aromatic heterocycles. The van der Waals surface area contributed by atoms with Gasteiger partial charge in [0.2, 0.25) is 10.0 Å². The van der Waals surface area contributed by atoms with Crippen LogP contribution >= 0.6 is 0 Å². The Labute approximate surface area is 170 Å². The molecule has 1 saturated carbocycles. The lowest BCUT2D eigenvalue weighted by Crippen LogP contribution is -2.34. The highest BCUT2D eigenvalue weighted by Crippen LogP contribution is 2.37. The highest BCUT2D eigenvalue weighted by molar-refractivity contribution is 7.93. The summed E-state index contributed by atoms with van der Waals surface area (Å²) in [5, 5.41) is 8.29. The molecule has 8 nitrogen and oxygen atoms in total. The van der Waals surface area contributed by atoms with E-state index in [1.807, 2.05) is 24.4 Å². The number of aromatic nitrogens is 3. The number of rotatable bonds is 6. The molecular formula is C20H26N4O4S. The summed E-state index contributed by atoms with van der Waals surface area (Å²) < 4.78 is 41.4. The topological polar surface area (TPSA) is 99.2 Å². The summed E-state index contributed by atoms with van der Waals surface area (Å²) in [6, 6.07) is 5.53. The predicted molar refractivity (Wildman–Crippen MR) is 110 cm³/mol. The normalized spacial score (nSPS) is 22.7. The zero-order valence-corrected chi connectivity index (χ0v) is 17.6. The second-order valence-corrected chi connectivity index (χ2v) is 10.1. The Bertz CT molecular complexity index is 1080. The molecule has 1 fully saturated rings. The number of nitrogens with zero attached hydrogens (tertiary/aromatic N) is 3. The van der Waals surface area contributed by atoms with Crippen molar-refractivity contribution in [2.45, 2.75) is 44.9 Å². The first-order valence-corrected chi connectivity index (χ1v) is 11.4. The third kappa shape index (κ3) is 4.10. The number of nitrogens with one attached hydrogen (secondary N) is 1. The van der Waals surface area contributed by atoms with Crippen LogP contribution in [0.1, 0.15) is 38.7 Å². The molecule has 0 saturated heterocycles. The molecule has 0 bridgehead atoms. The van der Waals surface area contributed by atoms with Crippen molar-refractivity contribution in [3.8, 4) is 5.75 Å². The maximum atomic E-state index is 13.0. The summed E-state index contributed by atoms with van der Waals surface area (Å²) >= 11 is 0. The number of ether oxygens (including phenoxy) is 1. The molecule has 3 aromatic rings. The molecule has 9 heteroatoms. The zero-order chi connectivity index (χ0) is 20.6. The number of fused-ring (bicyclic) bond motifs is 1. The summed E-state index contributed by atoms with van der Waals surface area (Å²) in [4.78, 5) is 0. The number of hydrogen-bond donors (Lipinski definition) is 1. The largest absolute Gasteiger partial charge is 0.496 e. The fourth-order valence-corrected chi connectivity index (χ4v) is 6.08. The SMILES string of the molecule is COc1cc(Cn2cccn2)cc2onc(NS(=O)(=O)C3CC(C)CC(C)C3)c12. The number of methoxy groups -OCH3 is 1. The standard InChI is InChI=1S/C20H26N4O4S/c1-13-7-14(2)9-16(8-13)29(25,26)23-20-19-17(27-3)10-15(11-18(19)28-22-20)12-24-6-4-5-21-24/h4-6,10-11,13-14,16H,7-9,12H2,1-3H3,(H,22,23). The van der Waals surface area contributed by atoms with Crippen molar-refractivity contribution < 1.29 is 17.7 Å². The van der Waals surface area contributed by atoms with Gasteiger partial charge < -0.3 is 9.26 Å². The third-order valence-electron chi connectivity index (χ3n) is 5.53. The Morgan fingerprint density at radius 1 is 1.24 bits per heavy atom. The predicted octanol–water partition coefficient (Wildman–Crippen LogP) is 3.65. The summed E-state index contributed by atoms with van der Waals surface area (Å²) in [6.07, 6.45) is 5.94. The van der Waals surface area contributed by atoms with E-state index in [9.17, 15) is 8.42 Å². The van der Waals surface area contributed by atoms with Crippen molar-refractivity contribution in [2.75, 3.05) is 11.8 Å². The molecule has 4 rings (SSSR count). The van der Waals surface area contributed by atoms with Gasteiger partial charge in [-0.15, -0.1) is 0 Å². The Hall–Kier alpha value is -2.55. The highest BCUT2D eigenvalue weighted by atomic mass is 32.2. The molecule has 0 amide bonds. The van der Waals surface area contributed by atoms with Crippen LogP contribution in [0.5, 0.6) is 5.75 Å². The van der Waals surface area contributed by atoms with Crippen LogP contribution in [0.4, 0.5) is 5.82 Å². The minimum Gasteiger partial charge on any atom is -0.496 e. The Kier molecular flexibility index (Phi) is 5.24. The van der Waals surface area contributed by atoms with Gasteiger partial charge in [0.05, 0.1) is 18.9 Å². The van der Waals surface area contributed by atoms with E-state index in [1.54, 1.807) is 18.0 Å². The first-order chi connectivity index (χ1) is 13.9. The van der Waals surface area contributed by atoms with E-state index >= 15 is 0 Å². The van der Waals surface area contributed by atoms with Gasteiger partial charge in [0, 0.05) is 12.4 Å². The van der Waals surface area contributed by atoms with Crippen LogP contribution in [0.25, 0.3) is 11.0 Å². The average molecular weight is 419 g/mol. The van der Waals surface area contributed by atoms with Gasteiger partial charge in [-0.3, -0.25) is 9.40 Å². The van der Waals surface area contributed by atoms with Crippen LogP contribution in [-0.4, -0.2) is 35.7 Å². The van der Waals surface area contributed by atoms with E-state index in [4.69, 9.17) is 9.26 Å². The number of anilines is 1. The highest BCUT2D eigenvalue weighted by Gasteiger charge is 2.34. The Morgan fingerprint density at radius 3 is 2.66 bits per heavy atom. The van der Waals surface area contributed by atoms with Crippen molar-refractivity contribution in [3.05, 3.63) is 36.2 Å². The number of hydrogen-bond acceptors (Lipinski definition) is 6. The van der Waals surface area contributed by atoms with Gasteiger partial charge in [0.25, 0.3) is 0 Å². The fraction of sp³-hybridized carbons (Fsp3) is 0.500. The van der Waals surface area contributed by atoms with Gasteiger partial charge >= 0.3 is 0 Å². The molecule has 1 N–H and O–H groups in total. The lowest BCUT2D eigenvalue weighted by Gasteiger charge is -2.30. The third-order valence-corrected chi connectivity index (χ3v) is 7.27. The van der Waals surface area contributed by atoms with E-state index < -0.39 is 15.3 Å². The van der Waals surface area contributed by atoms with Crippen molar-refractivity contribution in [1.29, 1.82) is 0 Å². The van der Waals surface area contributed by atoms with Gasteiger partial charge in [-0.25, -0.2) is 8.42 Å². The Balaban J connectivity index is 1.64. The van der Waals surface area contributed by atoms with Crippen LogP contribution in [0.3, 0.4) is 0 Å². The van der Waals surface area contributed by atoms with Crippen molar-refractivity contribution in [1.82, 2.24) is 14.9 Å². The van der Waals surface area contributed by atoms with Crippen LogP contribution in [0.15, 0.2) is 35.1 Å². The van der Waals surface area contributed by atoms with Crippen LogP contribution in [-0.2, 0) is 16.6 Å². The van der Waals surface area contributed by atoms with Gasteiger partial charge in [-0.2, -0.15) is 5.10 Å². The molecule has 1 aromatic carbocycles. The van der Waals surface area contributed by atoms with Crippen molar-refractivity contribution in [3.63, 3.8) is 0 Å². The molecule has 2 atom stereocenters. The molecule has 0 aliphatic heterocycles. The first kappa shape index (κ1) is 19.8. The molecule has 2 unspecified atom stereocenters. The number of benzene rings is 1. The Morgan fingerprint density at radius 2 is 2.00 bits per heavy atom. The minimum absolute atomic E-state index is 0.174. The van der Waals surface area contributed by atoms with E-state index in [0.29, 0.717) is 47.9 Å². The second-order valence-electron chi connectivity index (χ2n) is 8.09. The lowest BCUT2D eigenvalue weighted by atomic mass is 9.83. The van der Waals surface area contributed by atoms with E-state index in [2.05, 4.69) is 28.8 Å². The van der Waals surface area contributed by atoms with E-state index in [1.165, 1.54) is 0 Å². The minimum atomic E-state index is -3.58. The fourth-order valence-electron chi connectivity index (χ4n) is 4.34. The second kappa shape index (κ2) is 7.70. The van der Waals surface area contributed by atoms with Gasteiger partial charge in [-0.05, 0) is 54.9 Å². The molecular weight excluding hydrogens is 392 g/mol. The first-order valence-electron chi connectivity index (χ1n) is 9.81. The summed E-state index contributed by atoms with van der Waals surface area (Å²) in [7, 11) is -2.04. The lowest BCUT2D eigenvalue weighted by molar-refractivity contribution is 0.302. The zero-order valence-electron chi connectivity index (χ0n) is 16.8. The maximum Gasteiger partial charge on any atom is 0.236 e. The molecule has 156 valence electrons. The molecule has 1 aliphatic carbocycles. The van der Waals surface area contributed by atoms with Gasteiger partial charge in [-0.1, -0.05) is 19.0 Å². The smallest absolute Gasteiger partial charge is 0.236 e. The molecule has 29 heavy (non-hydrogen) atoms. The van der Waals surface area contributed by atoms with Gasteiger partial charge in [0.15, 0.2) is 11.4 Å². The quantitative estimate of drug-likeness (QED) is 0.656. The molecule has 2 heterocycles. The van der Waals surface area contributed by atoms with E-state index in [-0.39, 0.29) is 5.82 Å². The van der Waals surface area contributed by atoms with Gasteiger partial charge in [0.1, 0.15) is 11.1 Å². The summed E-state index contributed by atoms with van der Waals surface area (Å²) in [6.45, 7) is 4.75. The average Bonchev–Trinajstić information content (AvgIpc) is 3.30. The van der Waals surface area contributed by atoms with Crippen LogP contribution < -0.4 is 9.46 Å². The molecule has 0 spiro atoms. The maximum absolute atomic E-state index is 13.0.